The highest BCUT2D eigenvalue weighted by Gasteiger charge is 2.41. The van der Waals surface area contributed by atoms with E-state index in [1.165, 1.54) is 15.4 Å². The lowest BCUT2D eigenvalue weighted by Gasteiger charge is -2.43. The number of hydrogen-bond donors (Lipinski definition) is 3. The quantitative estimate of drug-likeness (QED) is 0.130. The number of rotatable bonds is 13. The van der Waals surface area contributed by atoms with Gasteiger partial charge in [-0.25, -0.2) is 27.9 Å². The molecule has 5 atom stereocenters. The summed E-state index contributed by atoms with van der Waals surface area (Å²) in [6, 6.07) is 6.70. The van der Waals surface area contributed by atoms with Gasteiger partial charge in [-0.1, -0.05) is 6.07 Å². The van der Waals surface area contributed by atoms with Crippen molar-refractivity contribution in [2.75, 3.05) is 67.6 Å². The molecule has 4 N–H and O–H groups in total. The summed E-state index contributed by atoms with van der Waals surface area (Å²) in [5.74, 6) is -0.294. The summed E-state index contributed by atoms with van der Waals surface area (Å²) in [5, 5.41) is 9.17. The molecule has 5 saturated heterocycles. The number of aromatic nitrogens is 6. The Labute approximate surface area is 378 Å². The monoisotopic (exact) mass is 916 g/mol. The zero-order valence-electron chi connectivity index (χ0n) is 36.7. The van der Waals surface area contributed by atoms with Gasteiger partial charge in [-0.2, -0.15) is 5.10 Å². The Morgan fingerprint density at radius 2 is 1.86 bits per heavy atom. The number of morpholine rings is 1. The summed E-state index contributed by atoms with van der Waals surface area (Å²) in [4.78, 5) is 66.5. The smallest absolute Gasteiger partial charge is 0.329 e. The standard InChI is InChI=1S/C45H55F3N12O6/c1-55-40-33(3-2-4-34(40)60(45(55)64)35-9-10-38(61)53-44(35)63)57-18-26(19-57)23-66-36-12-14-56(21-31(36)46)17-25-5-7-27(8-6-25)59-22-32(39(54-59)41(47)48)51-43(62)30(16-49)42-50-13-11-37(52-42)58-20-29-15-28(58)24-65-29/h2-4,11,13,16,22,25-29,31,35-36,41H,5-10,12,14-15,17-21,23-24,49H2,1H3,(H,51,62)(H,53,61,63)/t25?,27?,28?,29-,31+,35?,36+/m1/s1. The zero-order valence-corrected chi connectivity index (χ0v) is 36.7. The van der Waals surface area contributed by atoms with Gasteiger partial charge in [0.05, 0.1) is 65.5 Å². The molecule has 3 aromatic heterocycles. The summed E-state index contributed by atoms with van der Waals surface area (Å²) in [5.41, 5.74) is 7.12. The van der Waals surface area contributed by atoms with Crippen LogP contribution in [0.15, 0.2) is 47.7 Å². The maximum Gasteiger partial charge on any atom is 0.329 e. The highest BCUT2D eigenvalue weighted by atomic mass is 19.3. The van der Waals surface area contributed by atoms with Gasteiger partial charge in [0.1, 0.15) is 18.0 Å². The average molecular weight is 917 g/mol. The van der Waals surface area contributed by atoms with Crippen LogP contribution in [0.25, 0.3) is 16.6 Å². The van der Waals surface area contributed by atoms with E-state index < -0.39 is 42.3 Å². The van der Waals surface area contributed by atoms with Crippen molar-refractivity contribution in [3.63, 3.8) is 0 Å². The predicted molar refractivity (Wildman–Crippen MR) is 236 cm³/mol. The number of hydrogen-bond acceptors (Lipinski definition) is 13. The molecule has 4 aromatic rings. The van der Waals surface area contributed by atoms with Crippen LogP contribution in [-0.4, -0.2) is 128 Å². The third-order valence-electron chi connectivity index (χ3n) is 14.4. The summed E-state index contributed by atoms with van der Waals surface area (Å²) < 4.78 is 60.6. The molecule has 3 amide bonds. The highest BCUT2D eigenvalue weighted by molar-refractivity contribution is 6.24. The molecule has 66 heavy (non-hydrogen) atoms. The van der Waals surface area contributed by atoms with Crippen LogP contribution in [0.2, 0.25) is 0 Å². The van der Waals surface area contributed by atoms with Crippen molar-refractivity contribution in [1.82, 2.24) is 39.1 Å². The van der Waals surface area contributed by atoms with Crippen LogP contribution in [-0.2, 0) is 30.9 Å². The van der Waals surface area contributed by atoms with Gasteiger partial charge in [-0.15, -0.1) is 0 Å². The van der Waals surface area contributed by atoms with E-state index in [1.807, 2.05) is 18.2 Å². The van der Waals surface area contributed by atoms with E-state index in [0.717, 1.165) is 43.2 Å². The third-order valence-corrected chi connectivity index (χ3v) is 14.4. The van der Waals surface area contributed by atoms with Crippen LogP contribution in [0.1, 0.15) is 81.4 Å². The minimum atomic E-state index is -2.92. The summed E-state index contributed by atoms with van der Waals surface area (Å²) in [7, 11) is 1.69. The first-order valence-corrected chi connectivity index (χ1v) is 23.0. The molecular formula is C45H55F3N12O6. The fourth-order valence-electron chi connectivity index (χ4n) is 10.9. The molecule has 0 radical (unpaired) electrons. The normalized spacial score (nSPS) is 27.5. The molecule has 2 bridgehead atoms. The van der Waals surface area contributed by atoms with Crippen LogP contribution in [0.3, 0.4) is 0 Å². The number of amides is 3. The van der Waals surface area contributed by atoms with Crippen molar-refractivity contribution >= 4 is 51.5 Å². The Morgan fingerprint density at radius 3 is 2.58 bits per heavy atom. The summed E-state index contributed by atoms with van der Waals surface area (Å²) >= 11 is 0. The number of nitrogens with two attached hydrogens (primary N) is 1. The van der Waals surface area contributed by atoms with Crippen molar-refractivity contribution in [3.8, 4) is 0 Å². The van der Waals surface area contributed by atoms with E-state index in [9.17, 15) is 28.0 Å². The number of carbonyl (C=O) groups excluding carboxylic acids is 3. The molecule has 6 aliphatic rings. The van der Waals surface area contributed by atoms with E-state index >= 15 is 4.39 Å². The first-order valence-electron chi connectivity index (χ1n) is 23.0. The SMILES string of the molecule is Cn1c(=O)n(C2CCC(=O)NC2=O)c2cccc(N3CC(CO[C@H]4CCN(CC5CCC(n6cc(NC(=O)C(=CN)c7nccc(N8C[C@H]9CC8CO9)n7)c(C(F)F)n6)CC5)C[C@@H]4F)C3)c21. The minimum absolute atomic E-state index is 0.0500. The van der Waals surface area contributed by atoms with Gasteiger partial charge in [0.25, 0.3) is 12.3 Å². The largest absolute Gasteiger partial charge is 0.404 e. The van der Waals surface area contributed by atoms with E-state index in [4.69, 9.17) is 15.2 Å². The Bertz CT molecular complexity index is 2580. The molecule has 10 rings (SSSR count). The zero-order chi connectivity index (χ0) is 45.8. The van der Waals surface area contributed by atoms with Gasteiger partial charge in [0, 0.05) is 77.2 Å². The Kier molecular flexibility index (Phi) is 12.1. The molecule has 6 fully saturated rings. The maximum atomic E-state index is 15.6. The fraction of sp³-hybridized carbons (Fsp3) is 0.578. The van der Waals surface area contributed by atoms with Gasteiger partial charge in [-0.05, 0) is 69.1 Å². The molecular weight excluding hydrogens is 862 g/mol. The van der Waals surface area contributed by atoms with E-state index in [0.29, 0.717) is 75.9 Å². The number of piperidine rings is 2. The number of carbonyl (C=O) groups is 3. The fourth-order valence-corrected chi connectivity index (χ4v) is 10.9. The Morgan fingerprint density at radius 1 is 1.05 bits per heavy atom. The van der Waals surface area contributed by atoms with Crippen molar-refractivity contribution < 1.29 is 37.0 Å². The van der Waals surface area contributed by atoms with Crippen LogP contribution in [0, 0.1) is 11.8 Å². The number of imide groups is 1. The summed E-state index contributed by atoms with van der Waals surface area (Å²) in [6.07, 6.45) is 4.64. The van der Waals surface area contributed by atoms with E-state index in [-0.39, 0.29) is 72.2 Å². The number of fused-ring (bicyclic) bond motifs is 3. The molecule has 1 saturated carbocycles. The molecule has 352 valence electrons. The number of anilines is 3. The Hall–Kier alpha value is -5.80. The van der Waals surface area contributed by atoms with Gasteiger partial charge in [0.15, 0.2) is 11.5 Å². The number of ether oxygens (including phenoxy) is 2. The molecule has 18 nitrogen and oxygen atoms in total. The van der Waals surface area contributed by atoms with Gasteiger partial charge in [0.2, 0.25) is 11.8 Å². The number of imidazole rings is 1. The van der Waals surface area contributed by atoms with Crippen molar-refractivity contribution in [3.05, 3.63) is 64.9 Å². The molecule has 8 heterocycles. The molecule has 2 unspecified atom stereocenters. The van der Waals surface area contributed by atoms with E-state index in [2.05, 4.69) is 40.4 Å². The third kappa shape index (κ3) is 8.44. The first kappa shape index (κ1) is 44.1. The van der Waals surface area contributed by atoms with Crippen LogP contribution < -0.4 is 31.9 Å². The van der Waals surface area contributed by atoms with Crippen molar-refractivity contribution in [2.24, 2.45) is 24.6 Å². The van der Waals surface area contributed by atoms with Gasteiger partial charge < -0.3 is 30.3 Å². The van der Waals surface area contributed by atoms with Crippen LogP contribution in [0.5, 0.6) is 0 Å². The van der Waals surface area contributed by atoms with Crippen LogP contribution in [0.4, 0.5) is 30.4 Å². The number of nitrogens with one attached hydrogen (secondary N) is 2. The molecule has 5 aliphatic heterocycles. The number of alkyl halides is 3. The lowest BCUT2D eigenvalue weighted by molar-refractivity contribution is -0.135. The average Bonchev–Trinajstić information content (AvgIpc) is 4.09. The molecule has 21 heteroatoms. The number of halogens is 3. The predicted octanol–water partition coefficient (Wildman–Crippen LogP) is 3.45. The topological polar surface area (TPSA) is 200 Å². The maximum absolute atomic E-state index is 15.6. The number of benzene rings is 1. The van der Waals surface area contributed by atoms with E-state index in [1.54, 1.807) is 23.9 Å². The lowest BCUT2D eigenvalue weighted by atomic mass is 9.85. The molecule has 1 aliphatic carbocycles. The number of aryl methyl sites for hydroxylation is 1. The second kappa shape index (κ2) is 18.1. The van der Waals surface area contributed by atoms with Crippen LogP contribution >= 0.6 is 0 Å². The summed E-state index contributed by atoms with van der Waals surface area (Å²) in [6.45, 7) is 4.81. The number of para-hydroxylation sites is 1. The second-order valence-electron chi connectivity index (χ2n) is 18.7. The lowest BCUT2D eigenvalue weighted by Crippen LogP contribution is -2.51. The highest BCUT2D eigenvalue weighted by Crippen LogP contribution is 2.38. The Balaban J connectivity index is 0.681. The van der Waals surface area contributed by atoms with Crippen molar-refractivity contribution in [2.45, 2.75) is 94.3 Å². The number of nitrogens with zero attached hydrogens (tertiary/aromatic N) is 9. The minimum Gasteiger partial charge on any atom is -0.404 e. The van der Waals surface area contributed by atoms with Gasteiger partial charge in [-0.3, -0.25) is 38.4 Å². The van der Waals surface area contributed by atoms with Gasteiger partial charge >= 0.3 is 5.69 Å². The molecule has 1 aromatic carbocycles. The number of likely N-dealkylation sites (tertiary alicyclic amines) is 1. The second-order valence-corrected chi connectivity index (χ2v) is 18.7. The first-order chi connectivity index (χ1) is 31.9. The van der Waals surface area contributed by atoms with Crippen molar-refractivity contribution in [1.29, 1.82) is 0 Å². The molecule has 0 spiro atoms.